The predicted molar refractivity (Wildman–Crippen MR) is 79.9 cm³/mol. The summed E-state index contributed by atoms with van der Waals surface area (Å²) in [5.41, 5.74) is 0. The third-order valence-corrected chi connectivity index (χ3v) is 3.79. The van der Waals surface area contributed by atoms with Crippen LogP contribution in [0.3, 0.4) is 0 Å². The van der Waals surface area contributed by atoms with E-state index in [2.05, 4.69) is 27.2 Å². The minimum atomic E-state index is 0.158. The molecule has 19 heavy (non-hydrogen) atoms. The van der Waals surface area contributed by atoms with Gasteiger partial charge in [-0.1, -0.05) is 32.4 Å². The van der Waals surface area contributed by atoms with Gasteiger partial charge in [0.25, 0.3) is 0 Å². The maximum Gasteiger partial charge on any atom is 0.135 e. The van der Waals surface area contributed by atoms with Gasteiger partial charge < -0.3 is 5.32 Å². The second-order valence-electron chi connectivity index (χ2n) is 4.56. The van der Waals surface area contributed by atoms with Crippen LogP contribution in [0.2, 0.25) is 5.15 Å². The number of hydrogen-bond donors (Lipinski definition) is 1. The lowest BCUT2D eigenvalue weighted by Gasteiger charge is -2.16. The van der Waals surface area contributed by atoms with E-state index in [-0.39, 0.29) is 12.0 Å². The zero-order valence-corrected chi connectivity index (χ0v) is 12.8. The van der Waals surface area contributed by atoms with Crippen LogP contribution < -0.4 is 5.32 Å². The molecule has 0 aliphatic rings. The Bertz CT molecular complexity index is 527. The molecule has 0 spiro atoms. The van der Waals surface area contributed by atoms with Crippen molar-refractivity contribution in [3.63, 3.8) is 0 Å². The van der Waals surface area contributed by atoms with Crippen LogP contribution in [0, 0.1) is 0 Å². The average molecular weight is 297 g/mol. The molecule has 0 aliphatic heterocycles. The van der Waals surface area contributed by atoms with Gasteiger partial charge in [0, 0.05) is 23.6 Å². The molecule has 0 amide bonds. The Balaban J connectivity index is 2.22. The van der Waals surface area contributed by atoms with Crippen molar-refractivity contribution in [2.45, 2.75) is 39.2 Å². The molecule has 1 N–H and O–H groups in total. The number of nitrogens with one attached hydrogen (secondary N) is 1. The van der Waals surface area contributed by atoms with E-state index in [9.17, 15) is 0 Å². The molecule has 102 valence electrons. The smallest absolute Gasteiger partial charge is 0.135 e. The summed E-state index contributed by atoms with van der Waals surface area (Å²) < 4.78 is 0. The number of rotatable bonds is 5. The van der Waals surface area contributed by atoms with Crippen molar-refractivity contribution < 1.29 is 0 Å². The Hall–Kier alpha value is -1.20. The first-order chi connectivity index (χ1) is 9.10. The highest BCUT2D eigenvalue weighted by Crippen LogP contribution is 2.25. The summed E-state index contributed by atoms with van der Waals surface area (Å²) in [4.78, 5) is 13.1. The fourth-order valence-corrected chi connectivity index (χ4v) is 2.65. The van der Waals surface area contributed by atoms with Crippen molar-refractivity contribution in [3.8, 4) is 0 Å². The van der Waals surface area contributed by atoms with Crippen LogP contribution >= 0.6 is 22.9 Å². The first-order valence-electron chi connectivity index (χ1n) is 6.30. The molecule has 1 atom stereocenters. The molecule has 0 aliphatic carbocycles. The van der Waals surface area contributed by atoms with Gasteiger partial charge in [0.2, 0.25) is 0 Å². The summed E-state index contributed by atoms with van der Waals surface area (Å²) in [7, 11) is 0. The van der Waals surface area contributed by atoms with Gasteiger partial charge in [-0.15, -0.1) is 11.3 Å². The Kier molecular flexibility index (Phi) is 4.71. The Morgan fingerprint density at radius 3 is 2.74 bits per heavy atom. The highest BCUT2D eigenvalue weighted by atomic mass is 35.5. The van der Waals surface area contributed by atoms with E-state index in [0.29, 0.717) is 5.15 Å². The predicted octanol–water partition coefficient (Wildman–Crippen LogP) is 4.27. The van der Waals surface area contributed by atoms with Gasteiger partial charge in [-0.2, -0.15) is 0 Å². The summed E-state index contributed by atoms with van der Waals surface area (Å²) >= 11 is 7.68. The Morgan fingerprint density at radius 1 is 1.37 bits per heavy atom. The van der Waals surface area contributed by atoms with E-state index in [0.717, 1.165) is 23.1 Å². The molecule has 4 nitrogen and oxygen atoms in total. The molecular formula is C13H17ClN4S. The second-order valence-corrected chi connectivity index (χ2v) is 5.88. The number of thiazole rings is 1. The van der Waals surface area contributed by atoms with E-state index in [1.807, 2.05) is 25.4 Å². The molecular weight excluding hydrogens is 280 g/mol. The van der Waals surface area contributed by atoms with Crippen LogP contribution in [0.5, 0.6) is 0 Å². The molecule has 0 fully saturated rings. The molecule has 0 aromatic carbocycles. The number of nitrogens with zero attached hydrogens (tertiary/aromatic N) is 3. The molecule has 0 bridgehead atoms. The highest BCUT2D eigenvalue weighted by molar-refractivity contribution is 7.09. The molecule has 2 rings (SSSR count). The van der Waals surface area contributed by atoms with Crippen LogP contribution in [-0.2, 0) is 0 Å². The van der Waals surface area contributed by atoms with E-state index >= 15 is 0 Å². The SMILES string of the molecule is CCC(Nc1cc(Cl)nc(C(C)C)n1)c1nccs1. The topological polar surface area (TPSA) is 50.7 Å². The van der Waals surface area contributed by atoms with E-state index < -0.39 is 0 Å². The standard InChI is InChI=1S/C13H17ClN4S/c1-4-9(13-15-5-6-19-13)16-11-7-10(14)17-12(18-11)8(2)3/h5-9H,4H2,1-3H3,(H,16,17,18). The maximum atomic E-state index is 6.04. The zero-order valence-electron chi connectivity index (χ0n) is 11.2. The first-order valence-corrected chi connectivity index (χ1v) is 7.56. The molecule has 0 saturated carbocycles. The fourth-order valence-electron chi connectivity index (χ4n) is 1.69. The maximum absolute atomic E-state index is 6.04. The van der Waals surface area contributed by atoms with Crippen molar-refractivity contribution in [3.05, 3.63) is 33.6 Å². The lowest BCUT2D eigenvalue weighted by atomic mass is 10.2. The summed E-state index contributed by atoms with van der Waals surface area (Å²) in [5, 5.41) is 6.88. The van der Waals surface area contributed by atoms with Gasteiger partial charge in [-0.05, 0) is 6.42 Å². The quantitative estimate of drug-likeness (QED) is 0.837. The normalized spacial score (nSPS) is 12.7. The summed E-state index contributed by atoms with van der Waals surface area (Å²) in [6.45, 7) is 6.21. The molecule has 2 aromatic rings. The van der Waals surface area contributed by atoms with Gasteiger partial charge in [0.05, 0.1) is 6.04 Å². The van der Waals surface area contributed by atoms with Gasteiger partial charge >= 0.3 is 0 Å². The third kappa shape index (κ3) is 3.64. The van der Waals surface area contributed by atoms with E-state index in [4.69, 9.17) is 11.6 Å². The van der Waals surface area contributed by atoms with E-state index in [1.54, 1.807) is 17.4 Å². The van der Waals surface area contributed by atoms with E-state index in [1.165, 1.54) is 0 Å². The molecule has 2 aromatic heterocycles. The summed E-state index contributed by atoms with van der Waals surface area (Å²) in [6.07, 6.45) is 2.75. The van der Waals surface area contributed by atoms with Gasteiger partial charge in [-0.3, -0.25) is 0 Å². The van der Waals surface area contributed by atoms with Gasteiger partial charge in [-0.25, -0.2) is 15.0 Å². The molecule has 6 heteroatoms. The van der Waals surface area contributed by atoms with Crippen molar-refractivity contribution >= 4 is 28.8 Å². The van der Waals surface area contributed by atoms with Crippen molar-refractivity contribution in [2.24, 2.45) is 0 Å². The number of anilines is 1. The van der Waals surface area contributed by atoms with Crippen LogP contribution in [0.4, 0.5) is 5.82 Å². The minimum absolute atomic E-state index is 0.158. The Morgan fingerprint density at radius 2 is 2.16 bits per heavy atom. The minimum Gasteiger partial charge on any atom is -0.361 e. The number of hydrogen-bond acceptors (Lipinski definition) is 5. The number of aromatic nitrogens is 3. The lowest BCUT2D eigenvalue weighted by Crippen LogP contribution is -2.12. The van der Waals surface area contributed by atoms with Gasteiger partial charge in [0.1, 0.15) is 21.8 Å². The molecule has 0 saturated heterocycles. The van der Waals surface area contributed by atoms with Gasteiger partial charge in [0.15, 0.2) is 0 Å². The first kappa shape index (κ1) is 14.2. The van der Waals surface area contributed by atoms with Crippen LogP contribution in [0.15, 0.2) is 17.6 Å². The highest BCUT2D eigenvalue weighted by Gasteiger charge is 2.14. The molecule has 2 heterocycles. The number of halogens is 1. The molecule has 0 radical (unpaired) electrons. The van der Waals surface area contributed by atoms with Crippen molar-refractivity contribution in [2.75, 3.05) is 5.32 Å². The zero-order chi connectivity index (χ0) is 13.8. The monoisotopic (exact) mass is 296 g/mol. The second kappa shape index (κ2) is 6.30. The summed E-state index contributed by atoms with van der Waals surface area (Å²) in [5.74, 6) is 1.76. The average Bonchev–Trinajstić information content (AvgIpc) is 2.89. The van der Waals surface area contributed by atoms with Crippen molar-refractivity contribution in [1.29, 1.82) is 0 Å². The summed E-state index contributed by atoms with van der Waals surface area (Å²) in [6, 6.07) is 1.91. The fraction of sp³-hybridized carbons (Fsp3) is 0.462. The Labute approximate surface area is 122 Å². The van der Waals surface area contributed by atoms with Crippen LogP contribution in [-0.4, -0.2) is 15.0 Å². The van der Waals surface area contributed by atoms with Crippen LogP contribution in [0.1, 0.15) is 50.0 Å². The van der Waals surface area contributed by atoms with Crippen molar-refractivity contribution in [1.82, 2.24) is 15.0 Å². The van der Waals surface area contributed by atoms with Crippen LogP contribution in [0.25, 0.3) is 0 Å². The molecule has 1 unspecified atom stereocenters. The lowest BCUT2D eigenvalue weighted by molar-refractivity contribution is 0.725. The third-order valence-electron chi connectivity index (χ3n) is 2.71. The largest absolute Gasteiger partial charge is 0.361 e.